The molecular formula is C19H22N4O2. The van der Waals surface area contributed by atoms with Gasteiger partial charge in [0.25, 0.3) is 0 Å². The van der Waals surface area contributed by atoms with Crippen molar-refractivity contribution >= 4 is 11.5 Å². The largest absolute Gasteiger partial charge is 0.493 e. The van der Waals surface area contributed by atoms with Crippen molar-refractivity contribution in [2.24, 2.45) is 0 Å². The van der Waals surface area contributed by atoms with Gasteiger partial charge in [-0.25, -0.2) is 4.98 Å². The third-order valence-corrected chi connectivity index (χ3v) is 4.49. The number of rotatable bonds is 5. The highest BCUT2D eigenvalue weighted by atomic mass is 16.5. The van der Waals surface area contributed by atoms with Crippen molar-refractivity contribution in [3.05, 3.63) is 35.7 Å². The molecule has 1 aliphatic rings. The Morgan fingerprint density at radius 3 is 2.52 bits per heavy atom. The van der Waals surface area contributed by atoms with Gasteiger partial charge in [-0.15, -0.1) is 0 Å². The summed E-state index contributed by atoms with van der Waals surface area (Å²) < 4.78 is 12.7. The number of fused-ring (bicyclic) bond motifs is 1. The summed E-state index contributed by atoms with van der Waals surface area (Å²) in [4.78, 5) is 4.75. The zero-order chi connectivity index (χ0) is 17.6. The highest BCUT2D eigenvalue weighted by Crippen LogP contribution is 2.36. The van der Waals surface area contributed by atoms with Gasteiger partial charge in [0.2, 0.25) is 0 Å². The number of aromatic nitrogens is 3. The Morgan fingerprint density at radius 1 is 1.08 bits per heavy atom. The molecule has 1 aliphatic carbocycles. The van der Waals surface area contributed by atoms with E-state index in [1.54, 1.807) is 14.2 Å². The Balaban J connectivity index is 1.89. The molecule has 6 heteroatoms. The van der Waals surface area contributed by atoms with Gasteiger partial charge in [0.1, 0.15) is 5.82 Å². The average molecular weight is 338 g/mol. The van der Waals surface area contributed by atoms with E-state index >= 15 is 0 Å². The molecule has 130 valence electrons. The molecule has 0 unspecified atom stereocenters. The lowest BCUT2D eigenvalue weighted by Crippen LogP contribution is -2.08. The SMILES string of the molecule is COc1ccc(-c2c(C)nn3c(NC4CC4)cc(C)nc23)cc1OC. The van der Waals surface area contributed by atoms with E-state index in [2.05, 4.69) is 11.4 Å². The fourth-order valence-electron chi connectivity index (χ4n) is 3.11. The third-order valence-electron chi connectivity index (χ3n) is 4.49. The van der Waals surface area contributed by atoms with E-state index in [1.807, 2.05) is 36.6 Å². The van der Waals surface area contributed by atoms with Crippen LogP contribution in [-0.4, -0.2) is 34.9 Å². The molecule has 3 aromatic rings. The molecule has 0 bridgehead atoms. The van der Waals surface area contributed by atoms with Crippen LogP contribution in [0.4, 0.5) is 5.82 Å². The van der Waals surface area contributed by atoms with Gasteiger partial charge in [-0.2, -0.15) is 9.61 Å². The minimum atomic E-state index is 0.555. The van der Waals surface area contributed by atoms with E-state index in [4.69, 9.17) is 19.6 Å². The molecule has 2 aromatic heterocycles. The molecule has 1 N–H and O–H groups in total. The summed E-state index contributed by atoms with van der Waals surface area (Å²) >= 11 is 0. The summed E-state index contributed by atoms with van der Waals surface area (Å²) in [6.45, 7) is 4.02. The first-order chi connectivity index (χ1) is 12.1. The number of nitrogens with one attached hydrogen (secondary N) is 1. The predicted molar refractivity (Wildman–Crippen MR) is 97.6 cm³/mol. The van der Waals surface area contributed by atoms with Crippen molar-refractivity contribution in [1.29, 1.82) is 0 Å². The van der Waals surface area contributed by atoms with Gasteiger partial charge in [-0.1, -0.05) is 6.07 Å². The van der Waals surface area contributed by atoms with E-state index in [9.17, 15) is 0 Å². The van der Waals surface area contributed by atoms with E-state index in [-0.39, 0.29) is 0 Å². The van der Waals surface area contributed by atoms with Crippen molar-refractivity contribution in [1.82, 2.24) is 14.6 Å². The van der Waals surface area contributed by atoms with E-state index < -0.39 is 0 Å². The lowest BCUT2D eigenvalue weighted by atomic mass is 10.1. The van der Waals surface area contributed by atoms with Gasteiger partial charge >= 0.3 is 0 Å². The molecule has 0 atom stereocenters. The Labute approximate surface area is 146 Å². The van der Waals surface area contributed by atoms with Crippen molar-refractivity contribution < 1.29 is 9.47 Å². The van der Waals surface area contributed by atoms with Crippen LogP contribution < -0.4 is 14.8 Å². The lowest BCUT2D eigenvalue weighted by molar-refractivity contribution is 0.355. The molecular weight excluding hydrogens is 316 g/mol. The molecule has 0 aliphatic heterocycles. The van der Waals surface area contributed by atoms with Crippen LogP contribution in [0.1, 0.15) is 24.2 Å². The molecule has 2 heterocycles. The maximum Gasteiger partial charge on any atom is 0.165 e. The van der Waals surface area contributed by atoms with Crippen molar-refractivity contribution in [2.75, 3.05) is 19.5 Å². The Morgan fingerprint density at radius 2 is 1.84 bits per heavy atom. The second-order valence-electron chi connectivity index (χ2n) is 6.47. The highest BCUT2D eigenvalue weighted by molar-refractivity contribution is 5.82. The van der Waals surface area contributed by atoms with Crippen LogP contribution >= 0.6 is 0 Å². The summed E-state index contributed by atoms with van der Waals surface area (Å²) in [7, 11) is 3.28. The first-order valence-corrected chi connectivity index (χ1v) is 8.46. The summed E-state index contributed by atoms with van der Waals surface area (Å²) in [6, 6.07) is 8.51. The topological polar surface area (TPSA) is 60.7 Å². The summed E-state index contributed by atoms with van der Waals surface area (Å²) in [5.74, 6) is 2.41. The maximum absolute atomic E-state index is 5.45. The standard InChI is InChI=1S/C19H22N4O2/c1-11-9-17(21-14-6-7-14)23-19(20-11)18(12(2)22-23)13-5-8-15(24-3)16(10-13)25-4/h5,8-10,14,21H,6-7H2,1-4H3. The monoisotopic (exact) mass is 338 g/mol. The zero-order valence-corrected chi connectivity index (χ0v) is 15.0. The first kappa shape index (κ1) is 15.7. The molecule has 0 saturated heterocycles. The molecule has 1 fully saturated rings. The fourth-order valence-corrected chi connectivity index (χ4v) is 3.11. The van der Waals surface area contributed by atoms with E-state index in [0.717, 1.165) is 34.0 Å². The number of anilines is 1. The Hall–Kier alpha value is -2.76. The minimum Gasteiger partial charge on any atom is -0.493 e. The number of hydrogen-bond donors (Lipinski definition) is 1. The third kappa shape index (κ3) is 2.77. The highest BCUT2D eigenvalue weighted by Gasteiger charge is 2.24. The smallest absolute Gasteiger partial charge is 0.165 e. The van der Waals surface area contributed by atoms with Crippen LogP contribution in [-0.2, 0) is 0 Å². The first-order valence-electron chi connectivity index (χ1n) is 8.46. The molecule has 25 heavy (non-hydrogen) atoms. The van der Waals surface area contributed by atoms with Gasteiger partial charge in [0.05, 0.1) is 19.9 Å². The fraction of sp³-hybridized carbons (Fsp3) is 0.368. The van der Waals surface area contributed by atoms with E-state index in [1.165, 1.54) is 12.8 Å². The number of nitrogens with zero attached hydrogens (tertiary/aromatic N) is 3. The molecule has 0 spiro atoms. The second kappa shape index (κ2) is 5.95. The number of ether oxygens (including phenoxy) is 2. The minimum absolute atomic E-state index is 0.555. The van der Waals surface area contributed by atoms with Gasteiger partial charge in [0, 0.05) is 23.4 Å². The summed E-state index contributed by atoms with van der Waals surface area (Å²) in [5.41, 5.74) is 4.79. The number of aryl methyl sites for hydroxylation is 2. The van der Waals surface area contributed by atoms with Gasteiger partial charge in [-0.05, 0) is 44.4 Å². The number of methoxy groups -OCH3 is 2. The van der Waals surface area contributed by atoms with Crippen LogP contribution in [0, 0.1) is 13.8 Å². The summed E-state index contributed by atoms with van der Waals surface area (Å²) in [6.07, 6.45) is 2.43. The summed E-state index contributed by atoms with van der Waals surface area (Å²) in [5, 5.41) is 8.28. The van der Waals surface area contributed by atoms with Crippen molar-refractivity contribution in [3.63, 3.8) is 0 Å². The molecule has 1 aromatic carbocycles. The van der Waals surface area contributed by atoms with Crippen LogP contribution in [0.15, 0.2) is 24.3 Å². The van der Waals surface area contributed by atoms with E-state index in [0.29, 0.717) is 17.5 Å². The number of hydrogen-bond acceptors (Lipinski definition) is 5. The quantitative estimate of drug-likeness (QED) is 0.770. The Bertz CT molecular complexity index is 944. The molecule has 1 saturated carbocycles. The van der Waals surface area contributed by atoms with Crippen LogP contribution in [0.2, 0.25) is 0 Å². The number of benzene rings is 1. The van der Waals surface area contributed by atoms with Crippen LogP contribution in [0.25, 0.3) is 16.8 Å². The van der Waals surface area contributed by atoms with Gasteiger partial charge in [0.15, 0.2) is 17.1 Å². The van der Waals surface area contributed by atoms with Crippen molar-refractivity contribution in [3.8, 4) is 22.6 Å². The lowest BCUT2D eigenvalue weighted by Gasteiger charge is -2.10. The molecule has 0 radical (unpaired) electrons. The van der Waals surface area contributed by atoms with Gasteiger partial charge in [-0.3, -0.25) is 0 Å². The molecule has 4 rings (SSSR count). The average Bonchev–Trinajstić information content (AvgIpc) is 3.35. The van der Waals surface area contributed by atoms with Crippen LogP contribution in [0.3, 0.4) is 0 Å². The van der Waals surface area contributed by atoms with Crippen LogP contribution in [0.5, 0.6) is 11.5 Å². The predicted octanol–water partition coefficient (Wildman–Crippen LogP) is 3.60. The van der Waals surface area contributed by atoms with Crippen molar-refractivity contribution in [2.45, 2.75) is 32.7 Å². The Kier molecular flexibility index (Phi) is 3.75. The molecule has 0 amide bonds. The maximum atomic E-state index is 5.45. The normalized spacial score (nSPS) is 13.9. The molecule has 6 nitrogen and oxygen atoms in total. The van der Waals surface area contributed by atoms with Gasteiger partial charge < -0.3 is 14.8 Å². The zero-order valence-electron chi connectivity index (χ0n) is 15.0. The second-order valence-corrected chi connectivity index (χ2v) is 6.47.